The highest BCUT2D eigenvalue weighted by Gasteiger charge is 2.17. The highest BCUT2D eigenvalue weighted by atomic mass is 16.5. The zero-order chi connectivity index (χ0) is 15.5. The van der Waals surface area contributed by atoms with Crippen molar-refractivity contribution in [3.8, 4) is 5.75 Å². The van der Waals surface area contributed by atoms with Gasteiger partial charge >= 0.3 is 0 Å². The highest BCUT2D eigenvalue weighted by Crippen LogP contribution is 2.21. The van der Waals surface area contributed by atoms with Gasteiger partial charge in [-0.1, -0.05) is 26.0 Å². The summed E-state index contributed by atoms with van der Waals surface area (Å²) >= 11 is 0. The van der Waals surface area contributed by atoms with Crippen LogP contribution in [-0.2, 0) is 11.2 Å². The highest BCUT2D eigenvalue weighted by molar-refractivity contribution is 5.27. The fourth-order valence-electron chi connectivity index (χ4n) is 2.54. The van der Waals surface area contributed by atoms with Crippen LogP contribution in [0.2, 0.25) is 0 Å². The van der Waals surface area contributed by atoms with Crippen molar-refractivity contribution >= 4 is 0 Å². The van der Waals surface area contributed by atoms with Crippen molar-refractivity contribution < 1.29 is 9.47 Å². The molecule has 2 atom stereocenters. The van der Waals surface area contributed by atoms with Gasteiger partial charge in [-0.15, -0.1) is 0 Å². The summed E-state index contributed by atoms with van der Waals surface area (Å²) in [6.45, 7) is 7.55. The van der Waals surface area contributed by atoms with Crippen LogP contribution >= 0.6 is 0 Å². The lowest BCUT2D eigenvalue weighted by Gasteiger charge is -2.24. The monoisotopic (exact) mass is 293 g/mol. The van der Waals surface area contributed by atoms with Crippen molar-refractivity contribution in [1.29, 1.82) is 0 Å². The number of rotatable bonds is 11. The van der Waals surface area contributed by atoms with E-state index in [1.807, 2.05) is 12.1 Å². The van der Waals surface area contributed by atoms with Gasteiger partial charge in [-0.05, 0) is 61.9 Å². The molecule has 0 radical (unpaired) electrons. The second kappa shape index (κ2) is 10.6. The first-order chi connectivity index (χ1) is 10.2. The van der Waals surface area contributed by atoms with Crippen LogP contribution in [0.15, 0.2) is 24.3 Å². The number of methoxy groups -OCH3 is 2. The second-order valence-corrected chi connectivity index (χ2v) is 5.78. The van der Waals surface area contributed by atoms with Crippen molar-refractivity contribution in [2.45, 2.75) is 33.1 Å². The Morgan fingerprint density at radius 2 is 1.86 bits per heavy atom. The van der Waals surface area contributed by atoms with E-state index in [1.54, 1.807) is 14.2 Å². The maximum Gasteiger partial charge on any atom is 0.118 e. The van der Waals surface area contributed by atoms with E-state index in [1.165, 1.54) is 12.0 Å². The fourth-order valence-corrected chi connectivity index (χ4v) is 2.54. The topological polar surface area (TPSA) is 30.5 Å². The predicted octanol–water partition coefficient (Wildman–Crippen LogP) is 3.53. The van der Waals surface area contributed by atoms with Gasteiger partial charge in [0, 0.05) is 13.7 Å². The molecule has 0 spiro atoms. The Kier molecular flexibility index (Phi) is 9.11. The molecule has 0 aromatic heterocycles. The molecule has 0 saturated carbocycles. The van der Waals surface area contributed by atoms with Crippen molar-refractivity contribution in [3.05, 3.63) is 29.8 Å². The normalized spacial score (nSPS) is 13.9. The van der Waals surface area contributed by atoms with E-state index in [2.05, 4.69) is 31.3 Å². The quantitative estimate of drug-likeness (QED) is 0.633. The van der Waals surface area contributed by atoms with Crippen LogP contribution in [0, 0.1) is 11.8 Å². The van der Waals surface area contributed by atoms with Crippen molar-refractivity contribution in [2.24, 2.45) is 11.8 Å². The summed E-state index contributed by atoms with van der Waals surface area (Å²) in [6.07, 6.45) is 3.40. The number of benzene rings is 1. The van der Waals surface area contributed by atoms with Crippen LogP contribution < -0.4 is 10.1 Å². The van der Waals surface area contributed by atoms with E-state index in [9.17, 15) is 0 Å². The van der Waals surface area contributed by atoms with Crippen LogP contribution in [0.25, 0.3) is 0 Å². The van der Waals surface area contributed by atoms with Crippen LogP contribution in [0.3, 0.4) is 0 Å². The molecule has 0 heterocycles. The zero-order valence-corrected chi connectivity index (χ0v) is 14.0. The first-order valence-electron chi connectivity index (χ1n) is 8.03. The molecule has 3 heteroatoms. The standard InChI is InChI=1S/C18H31NO2/c1-5-11-19-14-17(15(2)10-12-20-3)13-16-6-8-18(21-4)9-7-16/h6-9,15,17,19H,5,10-14H2,1-4H3. The average Bonchev–Trinajstić information content (AvgIpc) is 2.52. The molecule has 0 aliphatic carbocycles. The summed E-state index contributed by atoms with van der Waals surface area (Å²) in [5.74, 6) is 2.21. The summed E-state index contributed by atoms with van der Waals surface area (Å²) < 4.78 is 10.5. The summed E-state index contributed by atoms with van der Waals surface area (Å²) in [5.41, 5.74) is 1.38. The first kappa shape index (κ1) is 18.0. The Morgan fingerprint density at radius 3 is 2.43 bits per heavy atom. The summed E-state index contributed by atoms with van der Waals surface area (Å²) in [5, 5.41) is 3.57. The van der Waals surface area contributed by atoms with E-state index in [-0.39, 0.29) is 0 Å². The lowest BCUT2D eigenvalue weighted by atomic mass is 9.86. The summed E-state index contributed by atoms with van der Waals surface area (Å²) in [6, 6.07) is 8.45. The third-order valence-corrected chi connectivity index (χ3v) is 4.07. The molecule has 0 aliphatic rings. The van der Waals surface area contributed by atoms with Crippen LogP contribution in [0.4, 0.5) is 0 Å². The molecule has 1 aromatic carbocycles. The van der Waals surface area contributed by atoms with E-state index in [4.69, 9.17) is 9.47 Å². The maximum atomic E-state index is 5.23. The SMILES string of the molecule is CCCNCC(Cc1ccc(OC)cc1)C(C)CCOC. The van der Waals surface area contributed by atoms with Gasteiger partial charge in [0.25, 0.3) is 0 Å². The van der Waals surface area contributed by atoms with Gasteiger partial charge < -0.3 is 14.8 Å². The minimum absolute atomic E-state index is 0.639. The van der Waals surface area contributed by atoms with Crippen LogP contribution in [-0.4, -0.2) is 33.9 Å². The number of nitrogens with one attached hydrogen (secondary N) is 1. The van der Waals surface area contributed by atoms with Gasteiger partial charge in [0.05, 0.1) is 7.11 Å². The molecule has 1 rings (SSSR count). The van der Waals surface area contributed by atoms with Crippen molar-refractivity contribution in [2.75, 3.05) is 33.9 Å². The van der Waals surface area contributed by atoms with Gasteiger partial charge in [-0.2, -0.15) is 0 Å². The molecule has 120 valence electrons. The van der Waals surface area contributed by atoms with Crippen LogP contribution in [0.1, 0.15) is 32.3 Å². The van der Waals surface area contributed by atoms with E-state index in [0.29, 0.717) is 11.8 Å². The predicted molar refractivity (Wildman–Crippen MR) is 89.0 cm³/mol. The van der Waals surface area contributed by atoms with Gasteiger partial charge in [-0.25, -0.2) is 0 Å². The Hall–Kier alpha value is -1.06. The summed E-state index contributed by atoms with van der Waals surface area (Å²) in [7, 11) is 3.49. The third-order valence-electron chi connectivity index (χ3n) is 4.07. The Labute approximate surface area is 130 Å². The van der Waals surface area contributed by atoms with E-state index in [0.717, 1.165) is 38.3 Å². The van der Waals surface area contributed by atoms with Gasteiger partial charge in [0.1, 0.15) is 5.75 Å². The fraction of sp³-hybridized carbons (Fsp3) is 0.667. The molecule has 1 N–H and O–H groups in total. The third kappa shape index (κ3) is 6.96. The van der Waals surface area contributed by atoms with Gasteiger partial charge in [0.15, 0.2) is 0 Å². The molecule has 0 amide bonds. The van der Waals surface area contributed by atoms with E-state index < -0.39 is 0 Å². The van der Waals surface area contributed by atoms with Gasteiger partial charge in [0.2, 0.25) is 0 Å². The molecule has 0 fully saturated rings. The lowest BCUT2D eigenvalue weighted by molar-refractivity contribution is 0.164. The molecular weight excluding hydrogens is 262 g/mol. The Bertz CT molecular complexity index is 364. The minimum Gasteiger partial charge on any atom is -0.497 e. The Balaban J connectivity index is 2.60. The maximum absolute atomic E-state index is 5.23. The molecule has 1 aromatic rings. The first-order valence-corrected chi connectivity index (χ1v) is 8.03. The molecule has 0 aliphatic heterocycles. The number of hydrogen-bond donors (Lipinski definition) is 1. The molecule has 0 saturated heterocycles. The number of ether oxygens (including phenoxy) is 2. The molecule has 2 unspecified atom stereocenters. The minimum atomic E-state index is 0.639. The smallest absolute Gasteiger partial charge is 0.118 e. The Morgan fingerprint density at radius 1 is 1.14 bits per heavy atom. The molecular formula is C18H31NO2. The largest absolute Gasteiger partial charge is 0.497 e. The van der Waals surface area contributed by atoms with Crippen LogP contribution in [0.5, 0.6) is 5.75 Å². The average molecular weight is 293 g/mol. The number of hydrogen-bond acceptors (Lipinski definition) is 3. The molecule has 21 heavy (non-hydrogen) atoms. The van der Waals surface area contributed by atoms with E-state index >= 15 is 0 Å². The lowest BCUT2D eigenvalue weighted by Crippen LogP contribution is -2.30. The van der Waals surface area contributed by atoms with Crippen molar-refractivity contribution in [3.63, 3.8) is 0 Å². The van der Waals surface area contributed by atoms with Crippen molar-refractivity contribution in [1.82, 2.24) is 5.32 Å². The summed E-state index contributed by atoms with van der Waals surface area (Å²) in [4.78, 5) is 0. The zero-order valence-electron chi connectivity index (χ0n) is 14.0. The molecule has 0 bridgehead atoms. The molecule has 3 nitrogen and oxygen atoms in total. The van der Waals surface area contributed by atoms with Gasteiger partial charge in [-0.3, -0.25) is 0 Å². The second-order valence-electron chi connectivity index (χ2n) is 5.78.